The zero-order valence-electron chi connectivity index (χ0n) is 17.7. The molecule has 0 spiro atoms. The Balaban J connectivity index is 1.26. The molecule has 3 aliphatic rings. The summed E-state index contributed by atoms with van der Waals surface area (Å²) >= 11 is 0. The van der Waals surface area contributed by atoms with Crippen molar-refractivity contribution in [2.45, 2.75) is 37.8 Å². The molecular formula is C25H30N4O2. The zero-order chi connectivity index (χ0) is 21.2. The molecule has 1 aliphatic carbocycles. The molecule has 0 radical (unpaired) electrons. The Morgan fingerprint density at radius 3 is 2.16 bits per heavy atom. The van der Waals surface area contributed by atoms with Crippen LogP contribution in [0.4, 0.5) is 16.2 Å². The quantitative estimate of drug-likeness (QED) is 0.771. The number of hydrogen-bond donors (Lipinski definition) is 2. The fourth-order valence-electron chi connectivity index (χ4n) is 5.12. The van der Waals surface area contributed by atoms with Gasteiger partial charge in [-0.2, -0.15) is 0 Å². The van der Waals surface area contributed by atoms with E-state index < -0.39 is 0 Å². The van der Waals surface area contributed by atoms with Gasteiger partial charge in [-0.15, -0.1) is 0 Å². The molecule has 162 valence electrons. The van der Waals surface area contributed by atoms with Crippen molar-refractivity contribution < 1.29 is 9.59 Å². The average molecular weight is 419 g/mol. The highest BCUT2D eigenvalue weighted by molar-refractivity contribution is 5.95. The van der Waals surface area contributed by atoms with E-state index in [1.165, 1.54) is 12.8 Å². The minimum Gasteiger partial charge on any atom is -0.325 e. The molecule has 3 amide bonds. The number of fused-ring (bicyclic) bond motifs is 1. The number of hydrogen-bond acceptors (Lipinski definition) is 3. The maximum Gasteiger partial charge on any atom is 0.321 e. The predicted octanol–water partition coefficient (Wildman–Crippen LogP) is 4.03. The third-order valence-electron chi connectivity index (χ3n) is 6.87. The monoisotopic (exact) mass is 418 g/mol. The van der Waals surface area contributed by atoms with E-state index in [1.54, 1.807) is 0 Å². The Hall–Kier alpha value is -2.86. The van der Waals surface area contributed by atoms with Crippen molar-refractivity contribution in [1.82, 2.24) is 9.80 Å². The van der Waals surface area contributed by atoms with Crippen LogP contribution in [0.1, 0.15) is 25.7 Å². The van der Waals surface area contributed by atoms with Crippen molar-refractivity contribution in [2.24, 2.45) is 11.8 Å². The smallest absolute Gasteiger partial charge is 0.321 e. The predicted molar refractivity (Wildman–Crippen MR) is 122 cm³/mol. The van der Waals surface area contributed by atoms with E-state index in [4.69, 9.17) is 0 Å². The lowest BCUT2D eigenvalue weighted by Crippen LogP contribution is -2.51. The highest BCUT2D eigenvalue weighted by atomic mass is 16.2. The molecule has 2 aromatic rings. The van der Waals surface area contributed by atoms with E-state index in [1.807, 2.05) is 65.6 Å². The van der Waals surface area contributed by atoms with Gasteiger partial charge in [-0.3, -0.25) is 9.69 Å². The van der Waals surface area contributed by atoms with Gasteiger partial charge in [0.2, 0.25) is 5.91 Å². The number of piperidine rings is 1. The number of rotatable bonds is 5. The van der Waals surface area contributed by atoms with Crippen LogP contribution in [0, 0.1) is 11.8 Å². The fourth-order valence-corrected chi connectivity index (χ4v) is 5.12. The standard InChI is InChI=1S/C25H30N4O2/c30-24(26-20-7-3-1-4-8-20)23-15-19-17-28(25(31)27-21-9-5-2-6-10-21)14-13-22(19)29(23)16-18-11-12-18/h1-10,18-19,22-23H,11-17H2,(H,26,30)(H,27,31)/t19-,22-,23-/m0/s1. The Morgan fingerprint density at radius 1 is 0.871 bits per heavy atom. The highest BCUT2D eigenvalue weighted by Gasteiger charge is 2.48. The van der Waals surface area contributed by atoms with Gasteiger partial charge in [0.05, 0.1) is 6.04 Å². The van der Waals surface area contributed by atoms with Crippen molar-refractivity contribution in [3.63, 3.8) is 0 Å². The molecule has 3 atom stereocenters. The molecule has 3 fully saturated rings. The van der Waals surface area contributed by atoms with Crippen LogP contribution >= 0.6 is 0 Å². The number of amides is 3. The lowest BCUT2D eigenvalue weighted by molar-refractivity contribution is -0.120. The first-order valence-corrected chi connectivity index (χ1v) is 11.4. The number of benzene rings is 2. The highest BCUT2D eigenvalue weighted by Crippen LogP contribution is 2.40. The summed E-state index contributed by atoms with van der Waals surface area (Å²) in [5.74, 6) is 1.15. The lowest BCUT2D eigenvalue weighted by atomic mass is 9.92. The van der Waals surface area contributed by atoms with Crippen molar-refractivity contribution in [3.8, 4) is 0 Å². The Bertz CT molecular complexity index is 916. The minimum absolute atomic E-state index is 0.0458. The molecule has 6 heteroatoms. The topological polar surface area (TPSA) is 64.7 Å². The largest absolute Gasteiger partial charge is 0.325 e. The Morgan fingerprint density at radius 2 is 1.52 bits per heavy atom. The summed E-state index contributed by atoms with van der Waals surface area (Å²) in [6.07, 6.45) is 4.28. The first-order chi connectivity index (χ1) is 15.2. The average Bonchev–Trinajstić information content (AvgIpc) is 3.54. The van der Waals surface area contributed by atoms with Crippen molar-refractivity contribution >= 4 is 23.3 Å². The van der Waals surface area contributed by atoms with E-state index in [0.717, 1.165) is 43.2 Å². The summed E-state index contributed by atoms with van der Waals surface area (Å²) in [5, 5.41) is 6.12. The van der Waals surface area contributed by atoms with Gasteiger partial charge >= 0.3 is 6.03 Å². The third kappa shape index (κ3) is 4.59. The second kappa shape index (κ2) is 8.71. The summed E-state index contributed by atoms with van der Waals surface area (Å²) in [5.41, 5.74) is 1.66. The fraction of sp³-hybridized carbons (Fsp3) is 0.440. The molecule has 2 saturated heterocycles. The van der Waals surface area contributed by atoms with Gasteiger partial charge in [-0.25, -0.2) is 4.79 Å². The normalized spacial score (nSPS) is 25.7. The minimum atomic E-state index is -0.118. The van der Waals surface area contributed by atoms with Crippen LogP contribution in [0.3, 0.4) is 0 Å². The first kappa shape index (κ1) is 20.1. The number of urea groups is 1. The Kier molecular flexibility index (Phi) is 5.64. The molecule has 31 heavy (non-hydrogen) atoms. The van der Waals surface area contributed by atoms with Gasteiger partial charge < -0.3 is 15.5 Å². The SMILES string of the molecule is O=C(Nc1ccccc1)[C@@H]1C[C@H]2CN(C(=O)Nc3ccccc3)CC[C@@H]2N1CC1CC1. The molecule has 5 rings (SSSR count). The maximum absolute atomic E-state index is 13.2. The van der Waals surface area contributed by atoms with E-state index in [-0.39, 0.29) is 18.0 Å². The number of nitrogens with zero attached hydrogens (tertiary/aromatic N) is 2. The summed E-state index contributed by atoms with van der Waals surface area (Å²) in [7, 11) is 0. The van der Waals surface area contributed by atoms with E-state index >= 15 is 0 Å². The lowest BCUT2D eigenvalue weighted by Gasteiger charge is -2.38. The number of nitrogens with one attached hydrogen (secondary N) is 2. The third-order valence-corrected chi connectivity index (χ3v) is 6.87. The summed E-state index contributed by atoms with van der Waals surface area (Å²) < 4.78 is 0. The van der Waals surface area contributed by atoms with Crippen LogP contribution in [-0.2, 0) is 4.79 Å². The molecule has 2 heterocycles. The van der Waals surface area contributed by atoms with E-state index in [2.05, 4.69) is 15.5 Å². The number of likely N-dealkylation sites (tertiary alicyclic amines) is 2. The van der Waals surface area contributed by atoms with Crippen LogP contribution < -0.4 is 10.6 Å². The molecule has 0 aromatic heterocycles. The molecule has 1 saturated carbocycles. The molecule has 2 N–H and O–H groups in total. The van der Waals surface area contributed by atoms with Crippen LogP contribution in [0.2, 0.25) is 0 Å². The van der Waals surface area contributed by atoms with Crippen molar-refractivity contribution in [2.75, 3.05) is 30.3 Å². The second-order valence-electron chi connectivity index (χ2n) is 9.11. The number of carbonyl (C=O) groups is 2. The number of anilines is 2. The van der Waals surface area contributed by atoms with Crippen LogP contribution in [0.15, 0.2) is 60.7 Å². The molecule has 2 aliphatic heterocycles. The Labute approximate surface area is 183 Å². The molecule has 2 aromatic carbocycles. The van der Waals surface area contributed by atoms with Crippen LogP contribution in [0.5, 0.6) is 0 Å². The summed E-state index contributed by atoms with van der Waals surface area (Å²) in [6, 6.07) is 19.5. The molecule has 0 unspecified atom stereocenters. The molecular weight excluding hydrogens is 388 g/mol. The van der Waals surface area contributed by atoms with Crippen molar-refractivity contribution in [1.29, 1.82) is 0 Å². The van der Waals surface area contributed by atoms with Crippen molar-refractivity contribution in [3.05, 3.63) is 60.7 Å². The van der Waals surface area contributed by atoms with Crippen LogP contribution in [0.25, 0.3) is 0 Å². The van der Waals surface area contributed by atoms with Crippen LogP contribution in [-0.4, -0.2) is 53.5 Å². The van der Waals surface area contributed by atoms with Gasteiger partial charge in [0, 0.05) is 37.1 Å². The van der Waals surface area contributed by atoms with E-state index in [9.17, 15) is 9.59 Å². The van der Waals surface area contributed by atoms with Gasteiger partial charge in [0.1, 0.15) is 0 Å². The van der Waals surface area contributed by atoms with Gasteiger partial charge in [0.15, 0.2) is 0 Å². The number of carbonyl (C=O) groups excluding carboxylic acids is 2. The molecule has 0 bridgehead atoms. The second-order valence-corrected chi connectivity index (χ2v) is 9.11. The van der Waals surface area contributed by atoms with Gasteiger partial charge in [0.25, 0.3) is 0 Å². The molecule has 6 nitrogen and oxygen atoms in total. The number of para-hydroxylation sites is 2. The summed E-state index contributed by atoms with van der Waals surface area (Å²) in [6.45, 7) is 2.44. The van der Waals surface area contributed by atoms with Gasteiger partial charge in [-0.1, -0.05) is 36.4 Å². The zero-order valence-corrected chi connectivity index (χ0v) is 17.7. The van der Waals surface area contributed by atoms with E-state index in [0.29, 0.717) is 18.5 Å². The first-order valence-electron chi connectivity index (χ1n) is 11.4. The summed E-state index contributed by atoms with van der Waals surface area (Å²) in [4.78, 5) is 30.4. The maximum atomic E-state index is 13.2. The van der Waals surface area contributed by atoms with Gasteiger partial charge in [-0.05, 0) is 61.8 Å².